The third kappa shape index (κ3) is 1.64. The summed E-state index contributed by atoms with van der Waals surface area (Å²) in [7, 11) is 0. The molecule has 0 amide bonds. The molecule has 0 aromatic carbocycles. The molecule has 1 heterocycles. The Labute approximate surface area is 75.1 Å². The molecule has 0 bridgehead atoms. The molecular weight excluding hydrogens is 174 g/mol. The summed E-state index contributed by atoms with van der Waals surface area (Å²) in [5.41, 5.74) is 2.05. The van der Waals surface area contributed by atoms with Gasteiger partial charge < -0.3 is 5.11 Å². The number of carbonyl (C=O) groups is 1. The van der Waals surface area contributed by atoms with Crippen LogP contribution >= 0.6 is 11.3 Å². The van der Waals surface area contributed by atoms with Crippen molar-refractivity contribution in [2.45, 2.75) is 26.2 Å². The second-order valence-electron chi connectivity index (χ2n) is 3.59. The molecule has 0 fully saturated rings. The first-order valence-electron chi connectivity index (χ1n) is 3.60. The summed E-state index contributed by atoms with van der Waals surface area (Å²) in [5.74, 6) is -0.887. The van der Waals surface area contributed by atoms with E-state index in [1.54, 1.807) is 5.51 Å². The maximum absolute atomic E-state index is 10.7. The fraction of sp³-hybridized carbons (Fsp3) is 0.500. The van der Waals surface area contributed by atoms with Crippen LogP contribution in [0.2, 0.25) is 0 Å². The van der Waals surface area contributed by atoms with Crippen molar-refractivity contribution in [3.8, 4) is 0 Å². The van der Waals surface area contributed by atoms with Gasteiger partial charge in [0.1, 0.15) is 4.88 Å². The molecule has 0 aliphatic heterocycles. The largest absolute Gasteiger partial charge is 0.477 e. The highest BCUT2D eigenvalue weighted by atomic mass is 32.1. The fourth-order valence-corrected chi connectivity index (χ4v) is 1.77. The lowest BCUT2D eigenvalue weighted by molar-refractivity contribution is 0.0699. The van der Waals surface area contributed by atoms with Crippen LogP contribution in [0.15, 0.2) is 5.51 Å². The quantitative estimate of drug-likeness (QED) is 0.729. The number of thiazole rings is 1. The normalized spacial score (nSPS) is 11.6. The van der Waals surface area contributed by atoms with Crippen LogP contribution in [-0.2, 0) is 5.41 Å². The molecule has 1 N–H and O–H groups in total. The number of hydrogen-bond acceptors (Lipinski definition) is 3. The van der Waals surface area contributed by atoms with Gasteiger partial charge in [0.25, 0.3) is 0 Å². The second-order valence-corrected chi connectivity index (χ2v) is 4.44. The minimum Gasteiger partial charge on any atom is -0.477 e. The van der Waals surface area contributed by atoms with Gasteiger partial charge >= 0.3 is 5.97 Å². The zero-order chi connectivity index (χ0) is 9.35. The average molecular weight is 185 g/mol. The number of nitrogens with zero attached hydrogens (tertiary/aromatic N) is 1. The number of aromatic nitrogens is 1. The summed E-state index contributed by atoms with van der Waals surface area (Å²) in [6, 6.07) is 0. The second kappa shape index (κ2) is 2.86. The molecule has 3 nitrogen and oxygen atoms in total. The van der Waals surface area contributed by atoms with Crippen LogP contribution in [0.1, 0.15) is 36.1 Å². The van der Waals surface area contributed by atoms with E-state index in [0.29, 0.717) is 10.6 Å². The van der Waals surface area contributed by atoms with Gasteiger partial charge in [-0.05, 0) is 0 Å². The van der Waals surface area contributed by atoms with Crippen LogP contribution in [0.25, 0.3) is 0 Å². The standard InChI is InChI=1S/C8H11NO2S/c1-8(2,3)6-5(7(10)11)12-4-9-6/h4H,1-3H3,(H,10,11). The highest BCUT2D eigenvalue weighted by molar-refractivity contribution is 7.11. The van der Waals surface area contributed by atoms with Crippen LogP contribution in [0.4, 0.5) is 0 Å². The van der Waals surface area contributed by atoms with E-state index < -0.39 is 5.97 Å². The van der Waals surface area contributed by atoms with Gasteiger partial charge in [-0.3, -0.25) is 0 Å². The lowest BCUT2D eigenvalue weighted by Gasteiger charge is -2.15. The maximum Gasteiger partial charge on any atom is 0.347 e. The van der Waals surface area contributed by atoms with Crippen molar-refractivity contribution in [1.82, 2.24) is 4.98 Å². The highest BCUT2D eigenvalue weighted by Gasteiger charge is 2.24. The molecule has 1 aromatic rings. The topological polar surface area (TPSA) is 50.2 Å². The van der Waals surface area contributed by atoms with Crippen LogP contribution in [0, 0.1) is 0 Å². The van der Waals surface area contributed by atoms with Crippen molar-refractivity contribution in [2.24, 2.45) is 0 Å². The van der Waals surface area contributed by atoms with Gasteiger partial charge in [0.05, 0.1) is 11.2 Å². The van der Waals surface area contributed by atoms with E-state index in [4.69, 9.17) is 5.11 Å². The van der Waals surface area contributed by atoms with Gasteiger partial charge in [-0.2, -0.15) is 0 Å². The van der Waals surface area contributed by atoms with E-state index in [1.165, 1.54) is 11.3 Å². The molecule has 0 radical (unpaired) electrons. The fourth-order valence-electron chi connectivity index (χ4n) is 0.932. The van der Waals surface area contributed by atoms with Crippen molar-refractivity contribution in [1.29, 1.82) is 0 Å². The first-order chi connectivity index (χ1) is 5.43. The van der Waals surface area contributed by atoms with Gasteiger partial charge in [-0.25, -0.2) is 9.78 Å². The molecule has 4 heteroatoms. The van der Waals surface area contributed by atoms with Gasteiger partial charge in [-0.15, -0.1) is 11.3 Å². The first-order valence-corrected chi connectivity index (χ1v) is 4.48. The van der Waals surface area contributed by atoms with Gasteiger partial charge in [0.2, 0.25) is 0 Å². The smallest absolute Gasteiger partial charge is 0.347 e. The van der Waals surface area contributed by atoms with E-state index in [0.717, 1.165) is 0 Å². The van der Waals surface area contributed by atoms with Crippen molar-refractivity contribution >= 4 is 17.3 Å². The zero-order valence-corrected chi connectivity index (χ0v) is 8.10. The number of aromatic carboxylic acids is 1. The predicted molar refractivity (Wildman–Crippen MR) is 47.8 cm³/mol. The van der Waals surface area contributed by atoms with E-state index in [1.807, 2.05) is 20.8 Å². The maximum atomic E-state index is 10.7. The minimum absolute atomic E-state index is 0.187. The Kier molecular flexibility index (Phi) is 2.19. The number of hydrogen-bond donors (Lipinski definition) is 1. The molecule has 0 atom stereocenters. The third-order valence-corrected chi connectivity index (χ3v) is 2.29. The molecule has 1 rings (SSSR count). The van der Waals surface area contributed by atoms with Crippen molar-refractivity contribution in [3.63, 3.8) is 0 Å². The van der Waals surface area contributed by atoms with Crippen LogP contribution in [-0.4, -0.2) is 16.1 Å². The van der Waals surface area contributed by atoms with Crippen LogP contribution in [0.5, 0.6) is 0 Å². The summed E-state index contributed by atoms with van der Waals surface area (Å²) in [4.78, 5) is 15.1. The SMILES string of the molecule is CC(C)(C)c1ncsc1C(=O)O. The Hall–Kier alpha value is -0.900. The summed E-state index contributed by atoms with van der Waals surface area (Å²) < 4.78 is 0. The summed E-state index contributed by atoms with van der Waals surface area (Å²) in [6.07, 6.45) is 0. The molecule has 12 heavy (non-hydrogen) atoms. The Morgan fingerprint density at radius 1 is 1.58 bits per heavy atom. The van der Waals surface area contributed by atoms with Crippen LogP contribution in [0.3, 0.4) is 0 Å². The third-order valence-electron chi connectivity index (χ3n) is 1.47. The molecule has 1 aromatic heterocycles. The average Bonchev–Trinajstić information content (AvgIpc) is 2.30. The monoisotopic (exact) mass is 185 g/mol. The number of rotatable bonds is 1. The van der Waals surface area contributed by atoms with Gasteiger partial charge in [0, 0.05) is 5.41 Å². The van der Waals surface area contributed by atoms with E-state index in [9.17, 15) is 4.79 Å². The lowest BCUT2D eigenvalue weighted by atomic mass is 9.91. The van der Waals surface area contributed by atoms with Crippen molar-refractivity contribution in [2.75, 3.05) is 0 Å². The highest BCUT2D eigenvalue weighted by Crippen LogP contribution is 2.26. The Balaban J connectivity index is 3.17. The Morgan fingerprint density at radius 3 is 2.50 bits per heavy atom. The van der Waals surface area contributed by atoms with E-state index >= 15 is 0 Å². The van der Waals surface area contributed by atoms with Crippen LogP contribution < -0.4 is 0 Å². The summed E-state index contributed by atoms with van der Waals surface area (Å²) in [5, 5.41) is 8.79. The zero-order valence-electron chi connectivity index (χ0n) is 7.29. The van der Waals surface area contributed by atoms with Crippen molar-refractivity contribution in [3.05, 3.63) is 16.1 Å². The summed E-state index contributed by atoms with van der Waals surface area (Å²) in [6.45, 7) is 5.86. The molecule has 0 saturated carbocycles. The Bertz CT molecular complexity index is 298. The molecule has 66 valence electrons. The minimum atomic E-state index is -0.887. The molecule has 0 saturated heterocycles. The molecule has 0 unspecified atom stereocenters. The number of carboxylic acids is 1. The first kappa shape index (κ1) is 9.19. The van der Waals surface area contributed by atoms with Gasteiger partial charge in [-0.1, -0.05) is 20.8 Å². The summed E-state index contributed by atoms with van der Waals surface area (Å²) >= 11 is 1.17. The van der Waals surface area contributed by atoms with E-state index in [2.05, 4.69) is 4.98 Å². The number of carboxylic acid groups (broad SMARTS) is 1. The van der Waals surface area contributed by atoms with Crippen molar-refractivity contribution < 1.29 is 9.90 Å². The Morgan fingerprint density at radius 2 is 2.17 bits per heavy atom. The predicted octanol–water partition coefficient (Wildman–Crippen LogP) is 2.14. The van der Waals surface area contributed by atoms with E-state index in [-0.39, 0.29) is 5.41 Å². The van der Waals surface area contributed by atoms with Gasteiger partial charge in [0.15, 0.2) is 0 Å². The molecule has 0 aliphatic rings. The molecule has 0 aliphatic carbocycles. The lowest BCUT2D eigenvalue weighted by Crippen LogP contribution is -2.15. The molecular formula is C8H11NO2S. The molecule has 0 spiro atoms.